The molecule has 3 heterocycles. The molecule has 0 aliphatic rings. The second-order valence-electron chi connectivity index (χ2n) is 12.0. The first-order chi connectivity index (χ1) is 23.9. The van der Waals surface area contributed by atoms with Crippen LogP contribution in [0.4, 0.5) is 11.4 Å². The maximum Gasteiger partial charge on any atom is 0.344 e. The molecule has 0 bridgehead atoms. The van der Waals surface area contributed by atoms with Gasteiger partial charge in [0.05, 0.1) is 11.1 Å². The molecule has 0 atom stereocenters. The van der Waals surface area contributed by atoms with Crippen molar-refractivity contribution in [1.29, 1.82) is 0 Å². The summed E-state index contributed by atoms with van der Waals surface area (Å²) in [5.74, 6) is 0. The molecule has 0 unspecified atom stereocenters. The van der Waals surface area contributed by atoms with Crippen molar-refractivity contribution in [1.82, 2.24) is 0 Å². The molecule has 0 fully saturated rings. The van der Waals surface area contributed by atoms with Crippen molar-refractivity contribution in [3.8, 4) is 43.1 Å². The topological polar surface area (TPSA) is 66.9 Å². The zero-order chi connectivity index (χ0) is 34.1. The van der Waals surface area contributed by atoms with E-state index in [4.69, 9.17) is 8.83 Å². The Bertz CT molecular complexity index is 2250. The second kappa shape index (κ2) is 13.6. The van der Waals surface area contributed by atoms with Crippen LogP contribution in [0.15, 0.2) is 128 Å². The van der Waals surface area contributed by atoms with Gasteiger partial charge in [0.2, 0.25) is 0 Å². The fourth-order valence-corrected chi connectivity index (χ4v) is 7.50. The molecule has 3 aromatic heterocycles. The van der Waals surface area contributed by atoms with E-state index in [-0.39, 0.29) is 11.3 Å². The van der Waals surface area contributed by atoms with E-state index in [0.29, 0.717) is 22.3 Å². The van der Waals surface area contributed by atoms with E-state index in [0.717, 1.165) is 80.3 Å². The van der Waals surface area contributed by atoms with Crippen molar-refractivity contribution in [3.05, 3.63) is 130 Å². The Hall–Kier alpha value is -5.40. The van der Waals surface area contributed by atoms with Crippen LogP contribution in [0, 0.1) is 0 Å². The van der Waals surface area contributed by atoms with Crippen LogP contribution in [-0.2, 0) is 0 Å². The highest BCUT2D eigenvalue weighted by Crippen LogP contribution is 2.37. The average Bonchev–Trinajstić information content (AvgIpc) is 3.63. The molecule has 0 spiro atoms. The average molecular weight is 667 g/mol. The van der Waals surface area contributed by atoms with E-state index in [1.807, 2.05) is 72.8 Å². The van der Waals surface area contributed by atoms with Crippen molar-refractivity contribution in [3.63, 3.8) is 0 Å². The third-order valence-electron chi connectivity index (χ3n) is 9.22. The highest BCUT2D eigenvalue weighted by Gasteiger charge is 2.14. The summed E-state index contributed by atoms with van der Waals surface area (Å²) >= 11 is 1.66. The molecular formula is C42H38N2O4S. The molecule has 0 aliphatic heterocycles. The van der Waals surface area contributed by atoms with Crippen LogP contribution < -0.4 is 21.1 Å². The zero-order valence-electron chi connectivity index (χ0n) is 28.2. The number of hydrogen-bond donors (Lipinski definition) is 0. The zero-order valence-corrected chi connectivity index (χ0v) is 29.0. The van der Waals surface area contributed by atoms with Gasteiger partial charge in [0.25, 0.3) is 0 Å². The molecule has 0 N–H and O–H groups in total. The minimum atomic E-state index is -0.354. The molecule has 0 aliphatic carbocycles. The number of benzene rings is 4. The first-order valence-electron chi connectivity index (χ1n) is 16.9. The second-order valence-corrected chi connectivity index (χ2v) is 13.1. The first kappa shape index (κ1) is 32.2. The van der Waals surface area contributed by atoms with Gasteiger partial charge >= 0.3 is 11.3 Å². The predicted octanol–water partition coefficient (Wildman–Crippen LogP) is 10.3. The largest absolute Gasteiger partial charge is 0.422 e. The standard InChI is InChI=1S/C42H38N2O4S/c1-5-43(6-2)33-17-15-29-23-35(41(45)47-37(29)25-33)27-11-9-13-31(21-27)39-19-20-40(49-39)32-14-10-12-28(22-32)36-24-30-16-18-34(44(7-3)8-4)26-38(30)48-42(36)46/h9-26H,5-8H2,1-4H3. The summed E-state index contributed by atoms with van der Waals surface area (Å²) in [5, 5.41) is 1.78. The molecule has 0 saturated carbocycles. The first-order valence-corrected chi connectivity index (χ1v) is 17.7. The Balaban J connectivity index is 1.17. The lowest BCUT2D eigenvalue weighted by Crippen LogP contribution is -2.21. The number of nitrogens with zero attached hydrogens (tertiary/aromatic N) is 2. The van der Waals surface area contributed by atoms with Gasteiger partial charge in [-0.1, -0.05) is 36.4 Å². The Kier molecular flexibility index (Phi) is 8.93. The number of hydrogen-bond acceptors (Lipinski definition) is 7. The van der Waals surface area contributed by atoms with Crippen molar-refractivity contribution in [2.24, 2.45) is 0 Å². The fraction of sp³-hybridized carbons (Fsp3) is 0.190. The summed E-state index contributed by atoms with van der Waals surface area (Å²) in [5.41, 5.74) is 7.27. The van der Waals surface area contributed by atoms with E-state index in [9.17, 15) is 9.59 Å². The molecule has 7 aromatic rings. The molecule has 246 valence electrons. The molecule has 0 saturated heterocycles. The number of anilines is 2. The van der Waals surface area contributed by atoms with Crippen molar-refractivity contribution in [2.75, 3.05) is 36.0 Å². The van der Waals surface area contributed by atoms with Gasteiger partial charge in [0.1, 0.15) is 11.2 Å². The molecule has 7 rings (SSSR count). The Morgan fingerprint density at radius 2 is 0.898 bits per heavy atom. The Morgan fingerprint density at radius 3 is 1.31 bits per heavy atom. The van der Waals surface area contributed by atoms with E-state index >= 15 is 0 Å². The van der Waals surface area contributed by atoms with Crippen LogP contribution in [0.25, 0.3) is 65.1 Å². The van der Waals surface area contributed by atoms with Crippen LogP contribution in [0.2, 0.25) is 0 Å². The quantitative estimate of drug-likeness (QED) is 0.135. The predicted molar refractivity (Wildman–Crippen MR) is 205 cm³/mol. The van der Waals surface area contributed by atoms with Crippen molar-refractivity contribution in [2.45, 2.75) is 27.7 Å². The van der Waals surface area contributed by atoms with Crippen molar-refractivity contribution < 1.29 is 8.83 Å². The molecule has 0 radical (unpaired) electrons. The number of rotatable bonds is 10. The van der Waals surface area contributed by atoms with Gasteiger partial charge in [0.15, 0.2) is 0 Å². The minimum absolute atomic E-state index is 0.354. The molecule has 7 heteroatoms. The van der Waals surface area contributed by atoms with Gasteiger partial charge in [-0.2, -0.15) is 0 Å². The van der Waals surface area contributed by atoms with Crippen LogP contribution >= 0.6 is 11.3 Å². The van der Waals surface area contributed by atoms with Gasteiger partial charge in [0, 0.05) is 70.2 Å². The van der Waals surface area contributed by atoms with Crippen LogP contribution in [0.3, 0.4) is 0 Å². The fourth-order valence-electron chi connectivity index (χ4n) is 6.50. The molecular weight excluding hydrogens is 629 g/mol. The van der Waals surface area contributed by atoms with Crippen LogP contribution in [0.1, 0.15) is 27.7 Å². The van der Waals surface area contributed by atoms with Gasteiger partial charge in [-0.3, -0.25) is 0 Å². The molecule has 6 nitrogen and oxygen atoms in total. The maximum absolute atomic E-state index is 13.2. The van der Waals surface area contributed by atoms with Crippen molar-refractivity contribution >= 4 is 44.7 Å². The lowest BCUT2D eigenvalue weighted by Gasteiger charge is -2.21. The van der Waals surface area contributed by atoms with E-state index in [1.165, 1.54) is 0 Å². The summed E-state index contributed by atoms with van der Waals surface area (Å²) in [4.78, 5) is 33.0. The smallest absolute Gasteiger partial charge is 0.344 e. The highest BCUT2D eigenvalue weighted by molar-refractivity contribution is 7.18. The third-order valence-corrected chi connectivity index (χ3v) is 10.4. The van der Waals surface area contributed by atoms with Gasteiger partial charge in [-0.15, -0.1) is 11.3 Å². The van der Waals surface area contributed by atoms with E-state index < -0.39 is 0 Å². The molecule has 0 amide bonds. The van der Waals surface area contributed by atoms with E-state index in [1.54, 1.807) is 11.3 Å². The number of thiophene rings is 1. The Labute approximate surface area is 289 Å². The monoisotopic (exact) mass is 666 g/mol. The minimum Gasteiger partial charge on any atom is -0.422 e. The summed E-state index contributed by atoms with van der Waals surface area (Å²) in [6, 6.07) is 36.2. The summed E-state index contributed by atoms with van der Waals surface area (Å²) in [6.07, 6.45) is 0. The van der Waals surface area contributed by atoms with Gasteiger partial charge < -0.3 is 18.6 Å². The summed E-state index contributed by atoms with van der Waals surface area (Å²) in [7, 11) is 0. The molecule has 4 aromatic carbocycles. The summed E-state index contributed by atoms with van der Waals surface area (Å²) in [6.45, 7) is 12.0. The third kappa shape index (κ3) is 6.30. The highest BCUT2D eigenvalue weighted by atomic mass is 32.1. The van der Waals surface area contributed by atoms with Gasteiger partial charge in [-0.05, 0) is 111 Å². The number of fused-ring (bicyclic) bond motifs is 2. The normalized spacial score (nSPS) is 11.3. The van der Waals surface area contributed by atoms with E-state index in [2.05, 4.69) is 73.9 Å². The molecule has 49 heavy (non-hydrogen) atoms. The van der Waals surface area contributed by atoms with Crippen LogP contribution in [-0.4, -0.2) is 26.2 Å². The van der Waals surface area contributed by atoms with Crippen LogP contribution in [0.5, 0.6) is 0 Å². The Morgan fingerprint density at radius 1 is 0.490 bits per heavy atom. The SMILES string of the molecule is CCN(CC)c1ccc2cc(-c3cccc(-c4ccc(-c5cccc(-c6cc7ccc(N(CC)CC)cc7oc6=O)c5)s4)c3)c(=O)oc2c1. The van der Waals surface area contributed by atoms with Gasteiger partial charge in [-0.25, -0.2) is 9.59 Å². The maximum atomic E-state index is 13.2. The summed E-state index contributed by atoms with van der Waals surface area (Å²) < 4.78 is 11.7. The lowest BCUT2D eigenvalue weighted by atomic mass is 10.0. The lowest BCUT2D eigenvalue weighted by molar-refractivity contribution is 0.563.